The molecule has 3 unspecified atom stereocenters. The molecular formula is C37H47N3O8. The monoisotopic (exact) mass is 661 g/mol. The maximum atomic E-state index is 12.3. The van der Waals surface area contributed by atoms with Crippen molar-refractivity contribution >= 4 is 11.8 Å². The lowest BCUT2D eigenvalue weighted by Crippen LogP contribution is -2.41. The highest BCUT2D eigenvalue weighted by molar-refractivity contribution is 5.76. The molecule has 0 spiro atoms. The molecule has 11 heteroatoms. The van der Waals surface area contributed by atoms with Crippen molar-refractivity contribution in [3.05, 3.63) is 94.0 Å². The van der Waals surface area contributed by atoms with Crippen LogP contribution in [0.2, 0.25) is 0 Å². The third kappa shape index (κ3) is 9.55. The summed E-state index contributed by atoms with van der Waals surface area (Å²) in [6, 6.07) is 20.0. The second kappa shape index (κ2) is 17.4. The van der Waals surface area contributed by atoms with E-state index in [1.54, 1.807) is 19.7 Å². The maximum absolute atomic E-state index is 12.3. The first kappa shape index (κ1) is 35.3. The maximum Gasteiger partial charge on any atom is 0.243 e. The summed E-state index contributed by atoms with van der Waals surface area (Å²) < 4.78 is 24.2. The van der Waals surface area contributed by atoms with Gasteiger partial charge in [-0.25, -0.2) is 5.48 Å². The van der Waals surface area contributed by atoms with Gasteiger partial charge in [-0.1, -0.05) is 55.0 Å². The lowest BCUT2D eigenvalue weighted by molar-refractivity contribution is -0.253. The molecule has 0 aliphatic carbocycles. The van der Waals surface area contributed by atoms with Crippen molar-refractivity contribution in [1.29, 1.82) is 0 Å². The number of aliphatic hydroxyl groups is 1. The van der Waals surface area contributed by atoms with Crippen LogP contribution in [0.25, 0.3) is 0 Å². The van der Waals surface area contributed by atoms with E-state index in [-0.39, 0.29) is 31.1 Å². The predicted octanol–water partition coefficient (Wildman–Crippen LogP) is 4.87. The molecule has 4 N–H and O–H groups in total. The van der Waals surface area contributed by atoms with E-state index < -0.39 is 12.2 Å². The third-order valence-electron chi connectivity index (χ3n) is 9.05. The number of carbonyl (C=O) groups excluding carboxylic acids is 2. The fourth-order valence-electron chi connectivity index (χ4n) is 6.30. The molecule has 0 saturated carbocycles. The quantitative estimate of drug-likeness (QED) is 0.102. The summed E-state index contributed by atoms with van der Waals surface area (Å²) in [6.45, 7) is 2.85. The molecule has 1 saturated heterocycles. The summed E-state index contributed by atoms with van der Waals surface area (Å²) in [5.41, 5.74) is 7.89. The van der Waals surface area contributed by atoms with Gasteiger partial charge in [0, 0.05) is 51.0 Å². The lowest BCUT2D eigenvalue weighted by atomic mass is 9.97. The first-order valence-corrected chi connectivity index (χ1v) is 16.6. The van der Waals surface area contributed by atoms with Gasteiger partial charge in [-0.05, 0) is 59.2 Å². The van der Waals surface area contributed by atoms with Crippen LogP contribution in [-0.4, -0.2) is 60.4 Å². The molecule has 2 heterocycles. The van der Waals surface area contributed by atoms with Gasteiger partial charge >= 0.3 is 0 Å². The normalized spacial score (nSPS) is 19.3. The van der Waals surface area contributed by atoms with Crippen LogP contribution in [0.5, 0.6) is 11.5 Å². The average Bonchev–Trinajstić information content (AvgIpc) is 3.13. The number of rotatable bonds is 15. The first-order valence-electron chi connectivity index (χ1n) is 16.6. The SMILES string of the molecule is COc1cc2c(cc1OC)CN(CC1CC(c3ccc(CO)cc3)OC(c3ccc(CNC(=O)CCCCCC(=O)NO)cc3)O1)CC2. The molecule has 3 aromatic rings. The van der Waals surface area contributed by atoms with E-state index in [1.165, 1.54) is 11.1 Å². The Morgan fingerprint density at radius 1 is 0.854 bits per heavy atom. The van der Waals surface area contributed by atoms with E-state index in [1.807, 2.05) is 48.5 Å². The van der Waals surface area contributed by atoms with Crippen molar-refractivity contribution in [2.24, 2.45) is 0 Å². The topological polar surface area (TPSA) is 139 Å². The molecule has 3 aromatic carbocycles. The molecule has 0 radical (unpaired) electrons. The number of fused-ring (bicyclic) bond motifs is 1. The van der Waals surface area contributed by atoms with Gasteiger partial charge in [-0.2, -0.15) is 0 Å². The van der Waals surface area contributed by atoms with E-state index in [0.29, 0.717) is 32.2 Å². The van der Waals surface area contributed by atoms with Gasteiger partial charge < -0.3 is 29.4 Å². The molecular weight excluding hydrogens is 614 g/mol. The second-order valence-electron chi connectivity index (χ2n) is 12.4. The summed E-state index contributed by atoms with van der Waals surface area (Å²) in [4.78, 5) is 25.8. The molecule has 0 aromatic heterocycles. The zero-order valence-corrected chi connectivity index (χ0v) is 27.8. The van der Waals surface area contributed by atoms with Crippen LogP contribution in [0.15, 0.2) is 60.7 Å². The van der Waals surface area contributed by atoms with Crippen molar-refractivity contribution in [3.63, 3.8) is 0 Å². The van der Waals surface area contributed by atoms with Crippen LogP contribution in [-0.2, 0) is 45.2 Å². The number of ether oxygens (including phenoxy) is 4. The summed E-state index contributed by atoms with van der Waals surface area (Å²) in [5.74, 6) is 1.03. The van der Waals surface area contributed by atoms with Crippen LogP contribution in [0.4, 0.5) is 0 Å². The number of nitrogens with one attached hydrogen (secondary N) is 2. The average molecular weight is 662 g/mol. The molecule has 258 valence electrons. The number of hydrogen-bond donors (Lipinski definition) is 4. The minimum absolute atomic E-state index is 0.00836. The lowest BCUT2D eigenvalue weighted by Gasteiger charge is -2.39. The number of methoxy groups -OCH3 is 2. The van der Waals surface area contributed by atoms with E-state index in [4.69, 9.17) is 24.2 Å². The standard InChI is InChI=1S/C37H47N3O8/c1-45-33-18-29-16-17-40(22-30(29)19-34(33)46-2)23-31-20-32(27-12-10-26(24-41)11-13-27)48-37(47-31)28-14-8-25(9-15-28)21-38-35(42)6-4-3-5-7-36(43)39-44/h8-15,18-19,31-32,37,41,44H,3-7,16-17,20-24H2,1-2H3,(H,38,42)(H,39,43). The van der Waals surface area contributed by atoms with Gasteiger partial charge in [0.15, 0.2) is 17.8 Å². The molecule has 2 aliphatic rings. The number of hydrogen-bond acceptors (Lipinski definition) is 9. The number of benzene rings is 3. The Hall–Kier alpha value is -4.00. The Balaban J connectivity index is 1.21. The highest BCUT2D eigenvalue weighted by Gasteiger charge is 2.34. The molecule has 1 fully saturated rings. The van der Waals surface area contributed by atoms with Gasteiger partial charge in [-0.3, -0.25) is 19.7 Å². The van der Waals surface area contributed by atoms with Crippen LogP contribution < -0.4 is 20.3 Å². The Morgan fingerprint density at radius 2 is 1.50 bits per heavy atom. The van der Waals surface area contributed by atoms with Gasteiger partial charge in [-0.15, -0.1) is 0 Å². The van der Waals surface area contributed by atoms with Crippen LogP contribution >= 0.6 is 0 Å². The molecule has 48 heavy (non-hydrogen) atoms. The minimum Gasteiger partial charge on any atom is -0.493 e. The molecule has 11 nitrogen and oxygen atoms in total. The van der Waals surface area contributed by atoms with Crippen molar-refractivity contribution in [3.8, 4) is 11.5 Å². The van der Waals surface area contributed by atoms with E-state index in [2.05, 4.69) is 22.3 Å². The summed E-state index contributed by atoms with van der Waals surface area (Å²) in [5, 5.41) is 21.1. The summed E-state index contributed by atoms with van der Waals surface area (Å²) >= 11 is 0. The first-order chi connectivity index (χ1) is 23.4. The highest BCUT2D eigenvalue weighted by atomic mass is 16.7. The summed E-state index contributed by atoms with van der Waals surface area (Å²) in [6.07, 6.45) is 3.45. The Labute approximate surface area is 282 Å². The van der Waals surface area contributed by atoms with Gasteiger partial charge in [0.05, 0.1) is 33.0 Å². The smallest absolute Gasteiger partial charge is 0.243 e. The Morgan fingerprint density at radius 3 is 2.17 bits per heavy atom. The fraction of sp³-hybridized carbons (Fsp3) is 0.459. The summed E-state index contributed by atoms with van der Waals surface area (Å²) in [7, 11) is 3.32. The van der Waals surface area contributed by atoms with Gasteiger partial charge in [0.1, 0.15) is 0 Å². The fourth-order valence-corrected chi connectivity index (χ4v) is 6.30. The van der Waals surface area contributed by atoms with Crippen LogP contribution in [0.3, 0.4) is 0 Å². The largest absolute Gasteiger partial charge is 0.493 e. The molecule has 2 aliphatic heterocycles. The van der Waals surface area contributed by atoms with Gasteiger partial charge in [0.25, 0.3) is 0 Å². The number of hydroxylamine groups is 1. The van der Waals surface area contributed by atoms with E-state index >= 15 is 0 Å². The number of aliphatic hydroxyl groups excluding tert-OH is 1. The minimum atomic E-state index is -0.566. The van der Waals surface area contributed by atoms with Crippen molar-refractivity contribution in [2.75, 3.05) is 27.3 Å². The second-order valence-corrected chi connectivity index (χ2v) is 12.4. The molecule has 2 amide bonds. The zero-order valence-electron chi connectivity index (χ0n) is 27.8. The van der Waals surface area contributed by atoms with Crippen molar-refractivity contribution in [2.45, 2.75) is 83.1 Å². The zero-order chi connectivity index (χ0) is 33.9. The number of unbranched alkanes of at least 4 members (excludes halogenated alkanes) is 2. The molecule has 0 bridgehead atoms. The van der Waals surface area contributed by atoms with Crippen molar-refractivity contribution < 1.29 is 38.9 Å². The molecule has 5 rings (SSSR count). The Bertz CT molecular complexity index is 1500. The number of nitrogens with zero attached hydrogens (tertiary/aromatic N) is 1. The van der Waals surface area contributed by atoms with Gasteiger partial charge in [0.2, 0.25) is 11.8 Å². The van der Waals surface area contributed by atoms with Crippen LogP contribution in [0, 0.1) is 0 Å². The predicted molar refractivity (Wildman–Crippen MR) is 178 cm³/mol. The number of amides is 2. The molecule has 3 atom stereocenters. The van der Waals surface area contributed by atoms with Crippen molar-refractivity contribution in [1.82, 2.24) is 15.7 Å². The number of carbonyl (C=O) groups is 2. The third-order valence-corrected chi connectivity index (χ3v) is 9.05. The van der Waals surface area contributed by atoms with E-state index in [9.17, 15) is 14.7 Å². The highest BCUT2D eigenvalue weighted by Crippen LogP contribution is 2.39. The van der Waals surface area contributed by atoms with E-state index in [0.717, 1.165) is 66.2 Å². The Kier molecular flexibility index (Phi) is 12.8. The van der Waals surface area contributed by atoms with Crippen LogP contribution in [0.1, 0.15) is 84.3 Å².